The summed E-state index contributed by atoms with van der Waals surface area (Å²) >= 11 is 0. The lowest BCUT2D eigenvalue weighted by Gasteiger charge is -2.29. The van der Waals surface area contributed by atoms with E-state index in [0.29, 0.717) is 19.6 Å². The zero-order valence-electron chi connectivity index (χ0n) is 18.0. The highest BCUT2D eigenvalue weighted by molar-refractivity contribution is 5.80. The van der Waals surface area contributed by atoms with Crippen LogP contribution < -0.4 is 5.69 Å². The Hall–Kier alpha value is -3.61. The highest BCUT2D eigenvalue weighted by atomic mass is 19.4. The summed E-state index contributed by atoms with van der Waals surface area (Å²) in [4.78, 5) is 40.6. The maximum absolute atomic E-state index is 12.8. The van der Waals surface area contributed by atoms with Crippen molar-refractivity contribution in [2.24, 2.45) is 0 Å². The number of carboxylic acid groups (broad SMARTS) is 1. The number of carbonyl (C=O) groups is 2. The van der Waals surface area contributed by atoms with Crippen LogP contribution in [0.3, 0.4) is 0 Å². The number of imidazole rings is 1. The Morgan fingerprint density at radius 3 is 2.52 bits per heavy atom. The largest absolute Gasteiger partial charge is 0.490 e. The van der Waals surface area contributed by atoms with Crippen LogP contribution in [-0.4, -0.2) is 72.9 Å². The lowest BCUT2D eigenvalue weighted by molar-refractivity contribution is -0.192. The van der Waals surface area contributed by atoms with E-state index in [1.54, 1.807) is 0 Å². The van der Waals surface area contributed by atoms with Gasteiger partial charge in [-0.2, -0.15) is 18.3 Å². The molecule has 0 fully saturated rings. The molecule has 0 spiro atoms. The molecule has 0 bridgehead atoms. The average Bonchev–Trinajstić information content (AvgIpc) is 3.27. The smallest absolute Gasteiger partial charge is 0.475 e. The van der Waals surface area contributed by atoms with Gasteiger partial charge >= 0.3 is 17.8 Å². The minimum absolute atomic E-state index is 0.0417. The van der Waals surface area contributed by atoms with Gasteiger partial charge in [0, 0.05) is 18.7 Å². The molecule has 2 aromatic heterocycles. The first kappa shape index (κ1) is 24.0. The van der Waals surface area contributed by atoms with Gasteiger partial charge in [-0.1, -0.05) is 12.1 Å². The fraction of sp³-hybridized carbons (Fsp3) is 0.400. The Morgan fingerprint density at radius 2 is 1.88 bits per heavy atom. The molecule has 2 N–H and O–H groups in total. The van der Waals surface area contributed by atoms with Crippen molar-refractivity contribution >= 4 is 22.9 Å². The zero-order valence-corrected chi connectivity index (χ0v) is 18.0. The molecule has 10 nitrogen and oxygen atoms in total. The first-order valence-corrected chi connectivity index (χ1v) is 9.91. The summed E-state index contributed by atoms with van der Waals surface area (Å²) < 4.78 is 35.2. The van der Waals surface area contributed by atoms with Gasteiger partial charge in [-0.15, -0.1) is 0 Å². The maximum Gasteiger partial charge on any atom is 0.490 e. The fourth-order valence-corrected chi connectivity index (χ4v) is 3.49. The second-order valence-corrected chi connectivity index (χ2v) is 7.73. The number of H-pyrrole nitrogens is 1. The van der Waals surface area contributed by atoms with Crippen molar-refractivity contribution in [2.75, 3.05) is 20.6 Å². The van der Waals surface area contributed by atoms with Gasteiger partial charge in [0.05, 0.1) is 36.0 Å². The van der Waals surface area contributed by atoms with Crippen molar-refractivity contribution in [2.45, 2.75) is 32.4 Å². The highest BCUT2D eigenvalue weighted by Crippen LogP contribution is 2.18. The molecule has 0 unspecified atom stereocenters. The maximum atomic E-state index is 12.8. The number of para-hydroxylation sites is 2. The Bertz CT molecular complexity index is 1210. The normalized spacial score (nSPS) is 13.6. The van der Waals surface area contributed by atoms with Gasteiger partial charge < -0.3 is 19.9 Å². The zero-order chi connectivity index (χ0) is 24.3. The number of aliphatic carboxylic acids is 1. The van der Waals surface area contributed by atoms with Gasteiger partial charge in [0.15, 0.2) is 0 Å². The van der Waals surface area contributed by atoms with Gasteiger partial charge in [0.25, 0.3) is 0 Å². The number of halogens is 3. The van der Waals surface area contributed by atoms with Gasteiger partial charge in [0.2, 0.25) is 5.91 Å². The Kier molecular flexibility index (Phi) is 6.91. The van der Waals surface area contributed by atoms with Crippen molar-refractivity contribution in [1.29, 1.82) is 0 Å². The number of fused-ring (bicyclic) bond motifs is 2. The number of hydrogen-bond acceptors (Lipinski definition) is 5. The molecule has 33 heavy (non-hydrogen) atoms. The highest BCUT2D eigenvalue weighted by Gasteiger charge is 2.38. The third kappa shape index (κ3) is 5.61. The molecule has 3 aromatic rings. The monoisotopic (exact) mass is 468 g/mol. The van der Waals surface area contributed by atoms with Crippen LogP contribution in [0.15, 0.2) is 35.3 Å². The number of aromatic nitrogens is 4. The predicted octanol–water partition coefficient (Wildman–Crippen LogP) is 1.26. The van der Waals surface area contributed by atoms with Crippen LogP contribution in [0.2, 0.25) is 0 Å². The van der Waals surface area contributed by atoms with Crippen molar-refractivity contribution in [1.82, 2.24) is 29.1 Å². The summed E-state index contributed by atoms with van der Waals surface area (Å²) in [5.74, 6) is -2.81. The summed E-state index contributed by atoms with van der Waals surface area (Å²) in [6.45, 7) is 2.64. The van der Waals surface area contributed by atoms with Crippen LogP contribution in [0.5, 0.6) is 0 Å². The molecule has 178 valence electrons. The number of hydrogen-bond donors (Lipinski definition) is 2. The molecule has 1 aliphatic rings. The quantitative estimate of drug-likeness (QED) is 0.596. The van der Waals surface area contributed by atoms with Crippen LogP contribution >= 0.6 is 0 Å². The number of nitrogens with zero attached hydrogens (tertiary/aromatic N) is 5. The standard InChI is InChI=1S/C18H22N6O2.C2HF3O2/c1-21(2)10-13-9-19-24-8-7-22(11-16(13)24)17(25)12-23-15-6-4-3-5-14(15)20-18(23)26;3-2(4,5)1(6)7/h3-6,9H,7-8,10-12H2,1-2H3,(H,20,26);(H,6,7). The van der Waals surface area contributed by atoms with Crippen LogP contribution in [0.1, 0.15) is 11.3 Å². The van der Waals surface area contributed by atoms with Crippen molar-refractivity contribution in [3.63, 3.8) is 0 Å². The van der Waals surface area contributed by atoms with Crippen molar-refractivity contribution in [3.05, 3.63) is 52.2 Å². The van der Waals surface area contributed by atoms with Gasteiger partial charge in [-0.05, 0) is 26.2 Å². The third-order valence-electron chi connectivity index (χ3n) is 5.01. The molecule has 0 radical (unpaired) electrons. The lowest BCUT2D eigenvalue weighted by atomic mass is 10.2. The van der Waals surface area contributed by atoms with E-state index < -0.39 is 12.1 Å². The molecule has 1 aromatic carbocycles. The number of carbonyl (C=O) groups excluding carboxylic acids is 1. The summed E-state index contributed by atoms with van der Waals surface area (Å²) in [7, 11) is 4.03. The number of alkyl halides is 3. The molecule has 0 saturated heterocycles. The number of aromatic amines is 1. The third-order valence-corrected chi connectivity index (χ3v) is 5.01. The number of nitrogens with one attached hydrogen (secondary N) is 1. The molecule has 0 atom stereocenters. The number of benzene rings is 1. The molecule has 1 amide bonds. The van der Waals surface area contributed by atoms with E-state index >= 15 is 0 Å². The van der Waals surface area contributed by atoms with Gasteiger partial charge in [-0.3, -0.25) is 14.0 Å². The first-order valence-electron chi connectivity index (χ1n) is 9.91. The minimum Gasteiger partial charge on any atom is -0.475 e. The summed E-state index contributed by atoms with van der Waals surface area (Å²) in [5.41, 5.74) is 3.45. The molecular formula is C20H23F3N6O4. The van der Waals surface area contributed by atoms with Gasteiger partial charge in [-0.25, -0.2) is 9.59 Å². The van der Waals surface area contributed by atoms with E-state index in [9.17, 15) is 22.8 Å². The van der Waals surface area contributed by atoms with Crippen LogP contribution in [-0.2, 0) is 35.8 Å². The van der Waals surface area contributed by atoms with Crippen LogP contribution in [0.25, 0.3) is 11.0 Å². The second kappa shape index (κ2) is 9.48. The molecule has 4 rings (SSSR count). The lowest BCUT2D eigenvalue weighted by Crippen LogP contribution is -2.41. The minimum atomic E-state index is -5.08. The topological polar surface area (TPSA) is 116 Å². The summed E-state index contributed by atoms with van der Waals surface area (Å²) in [6.07, 6.45) is -3.20. The van der Waals surface area contributed by atoms with E-state index in [4.69, 9.17) is 9.90 Å². The van der Waals surface area contributed by atoms with E-state index in [0.717, 1.165) is 28.8 Å². The van der Waals surface area contributed by atoms with E-state index in [2.05, 4.69) is 15.0 Å². The molecular weight excluding hydrogens is 445 g/mol. The average molecular weight is 468 g/mol. The van der Waals surface area contributed by atoms with E-state index in [1.165, 1.54) is 4.57 Å². The number of amides is 1. The first-order chi connectivity index (χ1) is 15.5. The van der Waals surface area contributed by atoms with E-state index in [1.807, 2.05) is 54.1 Å². The SMILES string of the molecule is CN(C)Cc1cnn2c1CN(C(=O)Cn1c(=O)[nH]c3ccccc31)CC2.O=C(O)C(F)(F)F. The van der Waals surface area contributed by atoms with Gasteiger partial charge in [0.1, 0.15) is 6.54 Å². The molecule has 3 heterocycles. The molecule has 13 heteroatoms. The molecule has 0 saturated carbocycles. The molecule has 1 aliphatic heterocycles. The second-order valence-electron chi connectivity index (χ2n) is 7.73. The predicted molar refractivity (Wildman–Crippen MR) is 111 cm³/mol. The fourth-order valence-electron chi connectivity index (χ4n) is 3.49. The van der Waals surface area contributed by atoms with Crippen molar-refractivity contribution in [3.8, 4) is 0 Å². The van der Waals surface area contributed by atoms with E-state index in [-0.39, 0.29) is 18.1 Å². The van der Waals surface area contributed by atoms with Crippen molar-refractivity contribution < 1.29 is 27.9 Å². The summed E-state index contributed by atoms with van der Waals surface area (Å²) in [5, 5.41) is 11.6. The molecule has 0 aliphatic carbocycles. The van der Waals surface area contributed by atoms with Crippen LogP contribution in [0, 0.1) is 0 Å². The van der Waals surface area contributed by atoms with Crippen LogP contribution in [0.4, 0.5) is 13.2 Å². The Labute approximate surface area is 185 Å². The number of rotatable bonds is 4. The Balaban J connectivity index is 0.000000383. The Morgan fingerprint density at radius 1 is 1.21 bits per heavy atom. The number of carboxylic acids is 1. The summed E-state index contributed by atoms with van der Waals surface area (Å²) in [6, 6.07) is 7.41.